The normalized spacial score (nSPS) is 12.3. The first-order valence-corrected chi connectivity index (χ1v) is 7.64. The van der Waals surface area contributed by atoms with Gasteiger partial charge in [0.15, 0.2) is 0 Å². The molecule has 0 fully saturated rings. The van der Waals surface area contributed by atoms with Crippen LogP contribution in [0.3, 0.4) is 0 Å². The van der Waals surface area contributed by atoms with Gasteiger partial charge in [0.25, 0.3) is 0 Å². The third kappa shape index (κ3) is 3.94. The van der Waals surface area contributed by atoms with Gasteiger partial charge in [0.05, 0.1) is 0 Å². The molecule has 0 aliphatic carbocycles. The summed E-state index contributed by atoms with van der Waals surface area (Å²) >= 11 is 0. The zero-order chi connectivity index (χ0) is 14.2. The van der Waals surface area contributed by atoms with Crippen molar-refractivity contribution in [1.82, 2.24) is 5.32 Å². The molecule has 0 amide bonds. The van der Waals surface area contributed by atoms with Gasteiger partial charge >= 0.3 is 0 Å². The van der Waals surface area contributed by atoms with E-state index in [-0.39, 0.29) is 0 Å². The SMILES string of the molecule is CCCC(NC)c1ccccc1CCc1ccccc1. The Morgan fingerprint density at radius 1 is 0.900 bits per heavy atom. The molecule has 0 aromatic heterocycles. The van der Waals surface area contributed by atoms with Gasteiger partial charge in [-0.15, -0.1) is 0 Å². The molecule has 0 aliphatic rings. The summed E-state index contributed by atoms with van der Waals surface area (Å²) in [7, 11) is 2.06. The van der Waals surface area contributed by atoms with E-state index in [9.17, 15) is 0 Å². The second-order valence-electron chi connectivity index (χ2n) is 5.31. The minimum absolute atomic E-state index is 0.479. The van der Waals surface area contributed by atoms with Gasteiger partial charge in [-0.05, 0) is 43.0 Å². The summed E-state index contributed by atoms with van der Waals surface area (Å²) < 4.78 is 0. The lowest BCUT2D eigenvalue weighted by Gasteiger charge is -2.19. The Kier molecular flexibility index (Phi) is 5.82. The molecule has 0 aliphatic heterocycles. The molecule has 2 aromatic carbocycles. The first kappa shape index (κ1) is 14.8. The lowest BCUT2D eigenvalue weighted by molar-refractivity contribution is 0.537. The predicted molar refractivity (Wildman–Crippen MR) is 87.0 cm³/mol. The van der Waals surface area contributed by atoms with E-state index in [0.717, 1.165) is 12.8 Å². The lowest BCUT2D eigenvalue weighted by Crippen LogP contribution is -2.17. The molecule has 0 spiro atoms. The quantitative estimate of drug-likeness (QED) is 0.777. The van der Waals surface area contributed by atoms with Crippen molar-refractivity contribution < 1.29 is 0 Å². The highest BCUT2D eigenvalue weighted by Gasteiger charge is 2.11. The van der Waals surface area contributed by atoms with Gasteiger partial charge in [-0.3, -0.25) is 0 Å². The fourth-order valence-corrected chi connectivity index (χ4v) is 2.77. The summed E-state index contributed by atoms with van der Waals surface area (Å²) in [5.74, 6) is 0. The molecule has 2 rings (SSSR count). The lowest BCUT2D eigenvalue weighted by atomic mass is 9.93. The van der Waals surface area contributed by atoms with E-state index in [0.29, 0.717) is 6.04 Å². The minimum atomic E-state index is 0.479. The van der Waals surface area contributed by atoms with Crippen LogP contribution in [0, 0.1) is 0 Å². The van der Waals surface area contributed by atoms with Crippen LogP contribution in [0.25, 0.3) is 0 Å². The summed E-state index contributed by atoms with van der Waals surface area (Å²) in [5.41, 5.74) is 4.36. The molecule has 0 saturated heterocycles. The van der Waals surface area contributed by atoms with Crippen molar-refractivity contribution in [2.24, 2.45) is 0 Å². The third-order valence-electron chi connectivity index (χ3n) is 3.88. The van der Waals surface area contributed by atoms with Crippen LogP contribution in [-0.4, -0.2) is 7.05 Å². The van der Waals surface area contributed by atoms with E-state index in [1.54, 1.807) is 0 Å². The van der Waals surface area contributed by atoms with Gasteiger partial charge < -0.3 is 5.32 Å². The monoisotopic (exact) mass is 267 g/mol. The maximum atomic E-state index is 3.46. The fourth-order valence-electron chi connectivity index (χ4n) is 2.77. The Bertz CT molecular complexity index is 504. The van der Waals surface area contributed by atoms with Crippen molar-refractivity contribution in [2.75, 3.05) is 7.05 Å². The second-order valence-corrected chi connectivity index (χ2v) is 5.31. The first-order chi connectivity index (χ1) is 9.85. The minimum Gasteiger partial charge on any atom is -0.313 e. The zero-order valence-corrected chi connectivity index (χ0v) is 12.6. The standard InChI is InChI=1S/C19H25N/c1-3-9-19(20-2)18-13-8-7-12-17(18)15-14-16-10-5-4-6-11-16/h4-8,10-13,19-20H,3,9,14-15H2,1-2H3. The van der Waals surface area contributed by atoms with Gasteiger partial charge in [-0.1, -0.05) is 67.9 Å². The number of nitrogens with one attached hydrogen (secondary N) is 1. The van der Waals surface area contributed by atoms with Crippen molar-refractivity contribution in [2.45, 2.75) is 38.6 Å². The first-order valence-electron chi connectivity index (χ1n) is 7.64. The second kappa shape index (κ2) is 7.86. The molecule has 1 N–H and O–H groups in total. The molecule has 0 saturated carbocycles. The Morgan fingerprint density at radius 2 is 1.60 bits per heavy atom. The van der Waals surface area contributed by atoms with Crippen LogP contribution in [0.2, 0.25) is 0 Å². The number of benzene rings is 2. The van der Waals surface area contributed by atoms with E-state index >= 15 is 0 Å². The van der Waals surface area contributed by atoms with Gasteiger partial charge in [-0.2, -0.15) is 0 Å². The Labute approximate surface area is 123 Å². The summed E-state index contributed by atoms with van der Waals surface area (Å²) in [6.45, 7) is 2.25. The molecule has 1 unspecified atom stereocenters. The molecular formula is C19H25N. The fraction of sp³-hybridized carbons (Fsp3) is 0.368. The number of hydrogen-bond donors (Lipinski definition) is 1. The Balaban J connectivity index is 2.11. The smallest absolute Gasteiger partial charge is 0.0320 e. The van der Waals surface area contributed by atoms with Gasteiger partial charge in [0, 0.05) is 6.04 Å². The van der Waals surface area contributed by atoms with E-state index in [1.807, 2.05) is 0 Å². The molecule has 0 heterocycles. The van der Waals surface area contributed by atoms with Crippen LogP contribution >= 0.6 is 0 Å². The van der Waals surface area contributed by atoms with E-state index in [2.05, 4.69) is 73.9 Å². The molecule has 2 aromatic rings. The molecule has 1 heteroatoms. The topological polar surface area (TPSA) is 12.0 Å². The number of hydrogen-bond acceptors (Lipinski definition) is 1. The highest BCUT2D eigenvalue weighted by molar-refractivity contribution is 5.31. The van der Waals surface area contributed by atoms with Crippen LogP contribution < -0.4 is 5.32 Å². The van der Waals surface area contributed by atoms with Crippen molar-refractivity contribution in [3.8, 4) is 0 Å². The van der Waals surface area contributed by atoms with Crippen LogP contribution in [0.4, 0.5) is 0 Å². The van der Waals surface area contributed by atoms with E-state index in [4.69, 9.17) is 0 Å². The molecule has 1 atom stereocenters. The van der Waals surface area contributed by atoms with Crippen molar-refractivity contribution in [3.63, 3.8) is 0 Å². The van der Waals surface area contributed by atoms with Crippen LogP contribution in [0.5, 0.6) is 0 Å². The van der Waals surface area contributed by atoms with Crippen LogP contribution in [-0.2, 0) is 12.8 Å². The number of aryl methyl sites for hydroxylation is 2. The Hall–Kier alpha value is -1.60. The largest absolute Gasteiger partial charge is 0.313 e. The average molecular weight is 267 g/mol. The molecule has 0 radical (unpaired) electrons. The van der Waals surface area contributed by atoms with Crippen LogP contribution in [0.15, 0.2) is 54.6 Å². The molecule has 106 valence electrons. The van der Waals surface area contributed by atoms with Gasteiger partial charge in [-0.25, -0.2) is 0 Å². The van der Waals surface area contributed by atoms with Crippen molar-refractivity contribution >= 4 is 0 Å². The summed E-state index contributed by atoms with van der Waals surface area (Å²) in [6.07, 6.45) is 4.62. The van der Waals surface area contributed by atoms with Crippen molar-refractivity contribution in [3.05, 3.63) is 71.3 Å². The predicted octanol–water partition coefficient (Wildman–Crippen LogP) is 4.53. The van der Waals surface area contributed by atoms with Crippen LogP contribution in [0.1, 0.15) is 42.5 Å². The summed E-state index contributed by atoms with van der Waals surface area (Å²) in [4.78, 5) is 0. The van der Waals surface area contributed by atoms with Gasteiger partial charge in [0.2, 0.25) is 0 Å². The molecule has 0 bridgehead atoms. The summed E-state index contributed by atoms with van der Waals surface area (Å²) in [6, 6.07) is 20.1. The maximum Gasteiger partial charge on any atom is 0.0320 e. The highest BCUT2D eigenvalue weighted by Crippen LogP contribution is 2.23. The Morgan fingerprint density at radius 3 is 2.30 bits per heavy atom. The highest BCUT2D eigenvalue weighted by atomic mass is 14.9. The van der Waals surface area contributed by atoms with E-state index in [1.165, 1.54) is 29.5 Å². The maximum absolute atomic E-state index is 3.46. The summed E-state index contributed by atoms with van der Waals surface area (Å²) in [5, 5.41) is 3.46. The van der Waals surface area contributed by atoms with Crippen molar-refractivity contribution in [1.29, 1.82) is 0 Å². The molecule has 1 nitrogen and oxygen atoms in total. The zero-order valence-electron chi connectivity index (χ0n) is 12.6. The molecular weight excluding hydrogens is 242 g/mol. The third-order valence-corrected chi connectivity index (χ3v) is 3.88. The average Bonchev–Trinajstić information content (AvgIpc) is 2.52. The number of rotatable bonds is 7. The molecule has 20 heavy (non-hydrogen) atoms. The van der Waals surface area contributed by atoms with Gasteiger partial charge in [0.1, 0.15) is 0 Å². The van der Waals surface area contributed by atoms with E-state index < -0.39 is 0 Å².